The average molecular weight is 801 g/mol. The Bertz CT molecular complexity index is 2830. The van der Waals surface area contributed by atoms with Crippen molar-refractivity contribution in [3.8, 4) is 0 Å². The van der Waals surface area contributed by atoms with Crippen LogP contribution in [0.4, 0.5) is 34.6 Å². The Labute approximate surface area is 334 Å². The molecule has 20 heteroatoms. The van der Waals surface area contributed by atoms with Crippen LogP contribution >= 0.6 is 0 Å². The number of hydrogen-bond donors (Lipinski definition) is 8. The monoisotopic (exact) mass is 800 g/mol. The van der Waals surface area contributed by atoms with Crippen molar-refractivity contribution >= 4 is 80.0 Å². The van der Waals surface area contributed by atoms with Gasteiger partial charge in [-0.3, -0.25) is 9.59 Å². The third kappa shape index (κ3) is 7.14. The fourth-order valence-electron chi connectivity index (χ4n) is 7.23. The molecule has 6 aromatic heterocycles. The Morgan fingerprint density at radius 2 is 1.17 bits per heavy atom. The van der Waals surface area contributed by atoms with Crippen molar-refractivity contribution in [2.24, 2.45) is 0 Å². The van der Waals surface area contributed by atoms with Gasteiger partial charge in [0.25, 0.3) is 11.8 Å². The number of benzene rings is 2. The standard InChI is InChI=1S/C20H21N7O3.C19H19N7O3/c1-21-17-8-16(24-13-5-3-7-15-18(13)22-10-30-15)26-19-11(9-23-27(17)19)20(29)25-12-4-2-6-14(12)28;1-20-16-7-15(23-12-3-2-4-14-17(12)21-9-29-14)25-18-10(8-22-26(16)18)19(28)24-11-5-6-13(11)27/h3,5,7-10,12,14,21,28H,2,4,6H2,1H3,(H,24,26)(H,25,29);2-4,7-9,11,13,20,27H,5-6H2,1H3,(H,23,25)(H,24,28)/t12-,14+;11-,13+/m01/s1. The molecular weight excluding hydrogens is 761 g/mol. The molecule has 2 aliphatic rings. The van der Waals surface area contributed by atoms with Crippen LogP contribution < -0.4 is 31.9 Å². The van der Waals surface area contributed by atoms with Crippen LogP contribution in [0.25, 0.3) is 33.5 Å². The third-order valence-corrected chi connectivity index (χ3v) is 10.5. The summed E-state index contributed by atoms with van der Waals surface area (Å²) in [5.74, 6) is 1.76. The number of rotatable bonds is 10. The number of aliphatic hydroxyl groups excluding tert-OH is 2. The van der Waals surface area contributed by atoms with E-state index in [1.165, 1.54) is 25.2 Å². The molecule has 0 radical (unpaired) electrons. The molecule has 8 aromatic rings. The Morgan fingerprint density at radius 1 is 0.678 bits per heavy atom. The number of oxazole rings is 2. The number of para-hydroxylation sites is 2. The molecule has 20 nitrogen and oxygen atoms in total. The quantitative estimate of drug-likeness (QED) is 0.0964. The van der Waals surface area contributed by atoms with Crippen molar-refractivity contribution in [3.63, 3.8) is 0 Å². The summed E-state index contributed by atoms with van der Waals surface area (Å²) in [4.78, 5) is 43.2. The molecule has 2 amide bonds. The van der Waals surface area contributed by atoms with Crippen LogP contribution in [0.5, 0.6) is 0 Å². The van der Waals surface area contributed by atoms with Gasteiger partial charge in [-0.2, -0.15) is 19.2 Å². The first-order chi connectivity index (χ1) is 28.8. The molecule has 4 atom stereocenters. The maximum absolute atomic E-state index is 12.9. The highest BCUT2D eigenvalue weighted by molar-refractivity contribution is 6.01. The van der Waals surface area contributed by atoms with Gasteiger partial charge in [0.05, 0.1) is 48.1 Å². The second-order valence-corrected chi connectivity index (χ2v) is 14.2. The SMILES string of the molecule is CNc1cc(Nc2cccc3ocnc23)nc2c(C(=O)N[C@@H]3CC[C@@H]3O)cnn12.CNc1cc(Nc2cccc3ocnc23)nc2c(C(=O)N[C@H]3CCC[C@H]3O)cnn12. The molecule has 0 spiro atoms. The lowest BCUT2D eigenvalue weighted by molar-refractivity contribution is 0.0448. The van der Waals surface area contributed by atoms with Crippen molar-refractivity contribution < 1.29 is 28.6 Å². The van der Waals surface area contributed by atoms with Gasteiger partial charge in [-0.15, -0.1) is 0 Å². The van der Waals surface area contributed by atoms with E-state index in [0.29, 0.717) is 80.7 Å². The zero-order valence-electron chi connectivity index (χ0n) is 31.9. The fourth-order valence-corrected chi connectivity index (χ4v) is 7.23. The third-order valence-electron chi connectivity index (χ3n) is 10.5. The van der Waals surface area contributed by atoms with E-state index >= 15 is 0 Å². The average Bonchev–Trinajstić information content (AvgIpc) is 4.10. The van der Waals surface area contributed by atoms with Gasteiger partial charge in [-0.25, -0.2) is 19.9 Å². The molecular formula is C39H40N14O6. The van der Waals surface area contributed by atoms with Crippen LogP contribution in [-0.2, 0) is 0 Å². The summed E-state index contributed by atoms with van der Waals surface area (Å²) in [5.41, 5.74) is 5.65. The zero-order valence-corrected chi connectivity index (χ0v) is 31.9. The van der Waals surface area contributed by atoms with Gasteiger partial charge in [0.1, 0.15) is 45.4 Å². The minimum absolute atomic E-state index is 0.229. The van der Waals surface area contributed by atoms with Crippen molar-refractivity contribution in [1.29, 1.82) is 0 Å². The highest BCUT2D eigenvalue weighted by Crippen LogP contribution is 2.29. The molecule has 59 heavy (non-hydrogen) atoms. The second kappa shape index (κ2) is 15.6. The van der Waals surface area contributed by atoms with Gasteiger partial charge in [-0.1, -0.05) is 12.1 Å². The van der Waals surface area contributed by atoms with E-state index in [1.54, 1.807) is 35.3 Å². The van der Waals surface area contributed by atoms with Crippen LogP contribution in [0.3, 0.4) is 0 Å². The summed E-state index contributed by atoms with van der Waals surface area (Å²) >= 11 is 0. The Kier molecular flexibility index (Phi) is 9.82. The lowest BCUT2D eigenvalue weighted by Crippen LogP contribution is -2.50. The number of fused-ring (bicyclic) bond motifs is 4. The predicted molar refractivity (Wildman–Crippen MR) is 217 cm³/mol. The lowest BCUT2D eigenvalue weighted by atomic mass is 9.89. The zero-order chi connectivity index (χ0) is 40.6. The van der Waals surface area contributed by atoms with Gasteiger partial charge in [0, 0.05) is 26.2 Å². The van der Waals surface area contributed by atoms with Crippen molar-refractivity contribution in [3.05, 3.63) is 84.8 Å². The number of amides is 2. The smallest absolute Gasteiger partial charge is 0.257 e. The molecule has 302 valence electrons. The summed E-state index contributed by atoms with van der Waals surface area (Å²) in [5, 5.41) is 46.7. The predicted octanol–water partition coefficient (Wildman–Crippen LogP) is 4.21. The minimum Gasteiger partial charge on any atom is -0.443 e. The van der Waals surface area contributed by atoms with Crippen LogP contribution in [0.2, 0.25) is 0 Å². The topological polar surface area (TPSA) is 259 Å². The van der Waals surface area contributed by atoms with Gasteiger partial charge in [-0.05, 0) is 56.4 Å². The summed E-state index contributed by atoms with van der Waals surface area (Å²) in [7, 11) is 3.54. The molecule has 8 N–H and O–H groups in total. The molecule has 0 unspecified atom stereocenters. The molecule has 0 saturated heterocycles. The van der Waals surface area contributed by atoms with Gasteiger partial charge >= 0.3 is 0 Å². The van der Waals surface area contributed by atoms with E-state index in [-0.39, 0.29) is 23.9 Å². The summed E-state index contributed by atoms with van der Waals surface area (Å²) in [6.45, 7) is 0. The van der Waals surface area contributed by atoms with Crippen molar-refractivity contribution in [1.82, 2.24) is 49.8 Å². The van der Waals surface area contributed by atoms with Gasteiger partial charge in [0.15, 0.2) is 35.2 Å². The molecule has 0 bridgehead atoms. The number of hydrogen-bond acceptors (Lipinski definition) is 16. The molecule has 2 saturated carbocycles. The van der Waals surface area contributed by atoms with Gasteiger partial charge in [0.2, 0.25) is 0 Å². The van der Waals surface area contributed by atoms with E-state index in [1.807, 2.05) is 36.4 Å². The largest absolute Gasteiger partial charge is 0.443 e. The molecule has 10 rings (SSSR count). The molecule has 2 fully saturated rings. The number of aromatic nitrogens is 8. The number of aliphatic hydroxyl groups is 2. The molecule has 6 heterocycles. The molecule has 2 aromatic carbocycles. The van der Waals surface area contributed by atoms with Crippen molar-refractivity contribution in [2.45, 2.75) is 56.4 Å². The first-order valence-corrected chi connectivity index (χ1v) is 19.1. The number of carbonyl (C=O) groups is 2. The van der Waals surface area contributed by atoms with E-state index in [2.05, 4.69) is 62.0 Å². The Hall–Kier alpha value is -7.32. The van der Waals surface area contributed by atoms with Crippen LogP contribution in [0.15, 0.2) is 82.5 Å². The van der Waals surface area contributed by atoms with Crippen molar-refractivity contribution in [2.75, 3.05) is 35.4 Å². The number of anilines is 6. The maximum atomic E-state index is 12.9. The van der Waals surface area contributed by atoms with E-state index in [4.69, 9.17) is 8.83 Å². The van der Waals surface area contributed by atoms with Crippen LogP contribution in [0, 0.1) is 0 Å². The Balaban J connectivity index is 0.000000152. The number of nitrogens with one attached hydrogen (secondary N) is 6. The van der Waals surface area contributed by atoms with E-state index in [0.717, 1.165) is 30.6 Å². The highest BCUT2D eigenvalue weighted by Gasteiger charge is 2.32. The van der Waals surface area contributed by atoms with E-state index < -0.39 is 12.2 Å². The Morgan fingerprint density at radius 3 is 1.59 bits per heavy atom. The fraction of sp³-hybridized carbons (Fsp3) is 0.282. The number of nitrogens with zero attached hydrogens (tertiary/aromatic N) is 8. The summed E-state index contributed by atoms with van der Waals surface area (Å²) in [6.07, 6.45) is 8.54. The minimum atomic E-state index is -0.517. The lowest BCUT2D eigenvalue weighted by Gasteiger charge is -2.32. The maximum Gasteiger partial charge on any atom is 0.257 e. The van der Waals surface area contributed by atoms with Crippen LogP contribution in [0.1, 0.15) is 52.8 Å². The summed E-state index contributed by atoms with van der Waals surface area (Å²) in [6, 6.07) is 14.2. The molecule has 0 aliphatic heterocycles. The first kappa shape index (κ1) is 37.3. The second-order valence-electron chi connectivity index (χ2n) is 14.2. The van der Waals surface area contributed by atoms with E-state index in [9.17, 15) is 19.8 Å². The summed E-state index contributed by atoms with van der Waals surface area (Å²) < 4.78 is 13.8. The highest BCUT2D eigenvalue weighted by atomic mass is 16.3. The normalized spacial score (nSPS) is 18.6. The number of carbonyl (C=O) groups excluding carboxylic acids is 2. The van der Waals surface area contributed by atoms with Gasteiger partial charge < -0.3 is 50.9 Å². The molecule has 2 aliphatic carbocycles. The van der Waals surface area contributed by atoms with Crippen LogP contribution in [-0.4, -0.2) is 99.6 Å². The first-order valence-electron chi connectivity index (χ1n) is 19.1.